The van der Waals surface area contributed by atoms with Crippen LogP contribution in [0.5, 0.6) is 0 Å². The fourth-order valence-electron chi connectivity index (χ4n) is 1.19. The molecule has 23 heavy (non-hydrogen) atoms. The van der Waals surface area contributed by atoms with Crippen molar-refractivity contribution in [2.45, 2.75) is 54.9 Å². The maximum absolute atomic E-state index is 12.4. The third-order valence-corrected chi connectivity index (χ3v) is 4.59. The molecule has 0 aromatic heterocycles. The molecule has 0 atom stereocenters. The van der Waals surface area contributed by atoms with Crippen molar-refractivity contribution in [1.29, 1.82) is 0 Å². The van der Waals surface area contributed by atoms with Crippen LogP contribution in [-0.4, -0.2) is 31.7 Å². The van der Waals surface area contributed by atoms with E-state index in [1.54, 1.807) is 41.5 Å². The van der Waals surface area contributed by atoms with E-state index in [1.807, 2.05) is 6.92 Å². The van der Waals surface area contributed by atoms with Crippen LogP contribution in [0, 0.1) is 10.8 Å². The van der Waals surface area contributed by atoms with Crippen molar-refractivity contribution in [3.63, 3.8) is 0 Å². The molecule has 0 bridgehead atoms. The Morgan fingerprint density at radius 1 is 0.826 bits per heavy atom. The molecule has 0 radical (unpaired) electrons. The molecular weight excluding hydrogens is 323 g/mol. The highest BCUT2D eigenvalue weighted by molar-refractivity contribution is 7.53. The van der Waals surface area contributed by atoms with Gasteiger partial charge in [0.1, 0.15) is 0 Å². The third-order valence-electron chi connectivity index (χ3n) is 2.60. The van der Waals surface area contributed by atoms with Gasteiger partial charge in [-0.15, -0.1) is 0 Å². The summed E-state index contributed by atoms with van der Waals surface area (Å²) in [7, 11) is -3.49. The molecule has 0 amide bonds. The molecule has 0 heterocycles. The molecule has 0 aromatic carbocycles. The van der Waals surface area contributed by atoms with E-state index in [0.717, 1.165) is 0 Å². The molecule has 0 spiro atoms. The van der Waals surface area contributed by atoms with Crippen LogP contribution in [-0.2, 0) is 32.7 Å². The zero-order valence-corrected chi connectivity index (χ0v) is 16.0. The van der Waals surface area contributed by atoms with Crippen molar-refractivity contribution in [1.82, 2.24) is 0 Å². The lowest BCUT2D eigenvalue weighted by Crippen LogP contribution is -2.25. The summed E-state index contributed by atoms with van der Waals surface area (Å²) in [6, 6.07) is 0. The predicted molar refractivity (Wildman–Crippen MR) is 85.8 cm³/mol. The zero-order chi connectivity index (χ0) is 18.3. The Kier molecular flexibility index (Phi) is 8.46. The summed E-state index contributed by atoms with van der Waals surface area (Å²) in [6.07, 6.45) is 0.671. The van der Waals surface area contributed by atoms with Gasteiger partial charge in [0, 0.05) is 0 Å². The monoisotopic (exact) mass is 352 g/mol. The van der Waals surface area contributed by atoms with E-state index in [0.29, 0.717) is 6.42 Å². The second-order valence-corrected chi connectivity index (χ2v) is 9.38. The first-order valence-electron chi connectivity index (χ1n) is 7.54. The summed E-state index contributed by atoms with van der Waals surface area (Å²) in [5.74, 6) is -0.945. The zero-order valence-electron chi connectivity index (χ0n) is 15.1. The lowest BCUT2D eigenvalue weighted by atomic mass is 9.98. The predicted octanol–water partition coefficient (Wildman–Crippen LogP) is 3.72. The van der Waals surface area contributed by atoms with Crippen molar-refractivity contribution < 1.29 is 32.7 Å². The van der Waals surface area contributed by atoms with Gasteiger partial charge in [0.25, 0.3) is 0 Å². The average molecular weight is 352 g/mol. The number of hydrogen-bond acceptors (Lipinski definition) is 7. The van der Waals surface area contributed by atoms with Gasteiger partial charge in [0.2, 0.25) is 13.6 Å². The highest BCUT2D eigenvalue weighted by atomic mass is 31.2. The molecule has 0 aliphatic heterocycles. The van der Waals surface area contributed by atoms with Crippen molar-refractivity contribution in [3.05, 3.63) is 0 Å². The molecule has 0 aromatic rings. The summed E-state index contributed by atoms with van der Waals surface area (Å²) < 4.78 is 32.5. The molecule has 8 heteroatoms. The molecule has 0 aliphatic carbocycles. The largest absolute Gasteiger partial charge is 0.438 e. The molecular formula is C15H29O7P. The van der Waals surface area contributed by atoms with Crippen LogP contribution in [0.25, 0.3) is 0 Å². The van der Waals surface area contributed by atoms with Crippen molar-refractivity contribution in [2.24, 2.45) is 10.8 Å². The lowest BCUT2D eigenvalue weighted by Gasteiger charge is -2.21. The molecule has 0 unspecified atom stereocenters. The van der Waals surface area contributed by atoms with E-state index in [9.17, 15) is 14.2 Å². The smallest absolute Gasteiger partial charge is 0.336 e. The first-order chi connectivity index (χ1) is 10.3. The van der Waals surface area contributed by atoms with E-state index in [1.165, 1.54) is 0 Å². The van der Waals surface area contributed by atoms with E-state index in [4.69, 9.17) is 18.5 Å². The average Bonchev–Trinajstić information content (AvgIpc) is 2.36. The molecule has 0 saturated heterocycles. The van der Waals surface area contributed by atoms with Crippen molar-refractivity contribution in [3.8, 4) is 0 Å². The second-order valence-electron chi connectivity index (χ2n) is 7.19. The van der Waals surface area contributed by atoms with Crippen molar-refractivity contribution in [2.75, 3.05) is 19.7 Å². The first-order valence-corrected chi connectivity index (χ1v) is 9.27. The second kappa shape index (κ2) is 8.81. The molecule has 0 N–H and O–H groups in total. The number of ether oxygens (including phenoxy) is 2. The highest BCUT2D eigenvalue weighted by Gasteiger charge is 2.29. The number of rotatable bonds is 8. The van der Waals surface area contributed by atoms with Gasteiger partial charge >= 0.3 is 19.5 Å². The van der Waals surface area contributed by atoms with Gasteiger partial charge in [-0.2, -0.15) is 0 Å². The summed E-state index contributed by atoms with van der Waals surface area (Å²) in [5.41, 5.74) is -1.36. The van der Waals surface area contributed by atoms with E-state index >= 15 is 0 Å². The van der Waals surface area contributed by atoms with Crippen molar-refractivity contribution >= 4 is 19.5 Å². The minimum atomic E-state index is -3.49. The number of carbonyl (C=O) groups is 2. The van der Waals surface area contributed by atoms with E-state index in [-0.39, 0.29) is 6.16 Å². The Morgan fingerprint density at radius 2 is 1.17 bits per heavy atom. The van der Waals surface area contributed by atoms with Gasteiger partial charge in [-0.1, -0.05) is 6.92 Å². The van der Waals surface area contributed by atoms with Crippen LogP contribution in [0.3, 0.4) is 0 Å². The van der Waals surface area contributed by atoms with Gasteiger partial charge in [-0.05, 0) is 48.0 Å². The van der Waals surface area contributed by atoms with E-state index < -0.39 is 44.0 Å². The lowest BCUT2D eigenvalue weighted by molar-refractivity contribution is -0.162. The minimum Gasteiger partial charge on any atom is -0.438 e. The topological polar surface area (TPSA) is 88.1 Å². The van der Waals surface area contributed by atoms with Crippen LogP contribution in [0.15, 0.2) is 0 Å². The van der Waals surface area contributed by atoms with E-state index in [2.05, 4.69) is 0 Å². The Bertz CT molecular complexity index is 410. The summed E-state index contributed by atoms with van der Waals surface area (Å²) >= 11 is 0. The fourth-order valence-corrected chi connectivity index (χ4v) is 2.50. The normalized spacial score (nSPS) is 12.8. The van der Waals surface area contributed by atoms with Crippen LogP contribution >= 0.6 is 7.60 Å². The third kappa shape index (κ3) is 9.08. The molecule has 0 rings (SSSR count). The fraction of sp³-hybridized carbons (Fsp3) is 0.867. The quantitative estimate of drug-likeness (QED) is 0.374. The Balaban J connectivity index is 4.43. The van der Waals surface area contributed by atoms with Crippen LogP contribution < -0.4 is 0 Å². The highest BCUT2D eigenvalue weighted by Crippen LogP contribution is 2.48. The standard InChI is InChI=1S/C15H29O7P/c1-8-9-23(18,21-10-19-12(16)14(2,3)4)22-11-20-13(17)15(5,6)7/h8-11H2,1-7H3. The molecule has 136 valence electrons. The SMILES string of the molecule is CCCP(=O)(OCOC(=O)C(C)(C)C)OCOC(=O)C(C)(C)C. The first kappa shape index (κ1) is 22.1. The summed E-state index contributed by atoms with van der Waals surface area (Å²) in [4.78, 5) is 23.2. The number of hydrogen-bond donors (Lipinski definition) is 0. The van der Waals surface area contributed by atoms with Gasteiger partial charge in [-0.25, -0.2) is 0 Å². The van der Waals surface area contributed by atoms with Gasteiger partial charge in [0.05, 0.1) is 17.0 Å². The van der Waals surface area contributed by atoms with Crippen LogP contribution in [0.2, 0.25) is 0 Å². The van der Waals surface area contributed by atoms with Gasteiger partial charge < -0.3 is 9.47 Å². The maximum Gasteiger partial charge on any atom is 0.336 e. The minimum absolute atomic E-state index is 0.132. The number of carbonyl (C=O) groups excluding carboxylic acids is 2. The van der Waals surface area contributed by atoms with Crippen LogP contribution in [0.1, 0.15) is 54.9 Å². The Labute approximate surface area is 138 Å². The molecule has 0 saturated carbocycles. The molecule has 0 fully saturated rings. The van der Waals surface area contributed by atoms with Gasteiger partial charge in [0.15, 0.2) is 0 Å². The molecule has 7 nitrogen and oxygen atoms in total. The summed E-state index contributed by atoms with van der Waals surface area (Å²) in [5, 5.41) is 0. The number of esters is 2. The van der Waals surface area contributed by atoms with Crippen LogP contribution in [0.4, 0.5) is 0 Å². The Morgan fingerprint density at radius 3 is 1.43 bits per heavy atom. The van der Waals surface area contributed by atoms with Gasteiger partial charge in [-0.3, -0.25) is 23.2 Å². The maximum atomic E-state index is 12.4. The molecule has 0 aliphatic rings. The summed E-state index contributed by atoms with van der Waals surface area (Å²) in [6.45, 7) is 11.1. The Hall–Kier alpha value is -0.910.